The molecule has 0 aliphatic carbocycles. The summed E-state index contributed by atoms with van der Waals surface area (Å²) in [5, 5.41) is 1.00. The van der Waals surface area contributed by atoms with E-state index in [-0.39, 0.29) is 11.6 Å². The lowest BCUT2D eigenvalue weighted by atomic mass is 10.0. The van der Waals surface area contributed by atoms with Gasteiger partial charge >= 0.3 is 0 Å². The van der Waals surface area contributed by atoms with Crippen LogP contribution in [-0.2, 0) is 0 Å². The van der Waals surface area contributed by atoms with E-state index in [0.717, 1.165) is 5.56 Å². The quantitative estimate of drug-likeness (QED) is 0.807. The average molecular weight is 302 g/mol. The minimum absolute atomic E-state index is 0.188. The molecule has 0 aliphatic rings. The molecule has 0 bridgehead atoms. The van der Waals surface area contributed by atoms with E-state index < -0.39 is 0 Å². The fourth-order valence-electron chi connectivity index (χ4n) is 2.16. The summed E-state index contributed by atoms with van der Waals surface area (Å²) >= 11 is 6.21. The molecule has 1 N–H and O–H groups in total. The molecule has 0 fully saturated rings. The molecule has 3 rings (SSSR count). The van der Waals surface area contributed by atoms with Crippen LogP contribution in [0, 0.1) is 0 Å². The Morgan fingerprint density at radius 2 is 2.05 bits per heavy atom. The fourth-order valence-corrected chi connectivity index (χ4v) is 2.40. The Morgan fingerprint density at radius 3 is 2.81 bits per heavy atom. The van der Waals surface area contributed by atoms with Crippen LogP contribution >= 0.6 is 11.6 Å². The Labute approximate surface area is 125 Å². The van der Waals surface area contributed by atoms with Gasteiger partial charge in [0.2, 0.25) is 0 Å². The molecule has 0 atom stereocenters. The van der Waals surface area contributed by atoms with Gasteiger partial charge in [-0.3, -0.25) is 14.8 Å². The van der Waals surface area contributed by atoms with E-state index in [1.54, 1.807) is 12.3 Å². The lowest BCUT2D eigenvalue weighted by Gasteiger charge is -2.08. The minimum Gasteiger partial charge on any atom is -0.465 e. The van der Waals surface area contributed by atoms with Crippen LogP contribution in [0.2, 0.25) is 5.02 Å². The molecule has 0 radical (unpaired) electrons. The number of benzene rings is 1. The second-order valence-corrected chi connectivity index (χ2v) is 4.77. The van der Waals surface area contributed by atoms with Crippen molar-refractivity contribution in [1.29, 1.82) is 0 Å². The number of H-pyrrole nitrogens is 1. The summed E-state index contributed by atoms with van der Waals surface area (Å²) in [6, 6.07) is 7.49. The van der Waals surface area contributed by atoms with Gasteiger partial charge in [0.15, 0.2) is 0 Å². The van der Waals surface area contributed by atoms with Crippen LogP contribution in [0.15, 0.2) is 41.5 Å². The van der Waals surface area contributed by atoms with Crippen molar-refractivity contribution in [2.24, 2.45) is 0 Å². The maximum atomic E-state index is 12.3. The lowest BCUT2D eigenvalue weighted by Crippen LogP contribution is -2.12. The lowest BCUT2D eigenvalue weighted by molar-refractivity contribution is 0.313. The van der Waals surface area contributed by atoms with Crippen molar-refractivity contribution in [3.8, 4) is 17.1 Å². The third-order valence-corrected chi connectivity index (χ3v) is 3.37. The summed E-state index contributed by atoms with van der Waals surface area (Å²) in [6.07, 6.45) is 3.15. The zero-order valence-electron chi connectivity index (χ0n) is 11.3. The van der Waals surface area contributed by atoms with E-state index in [1.807, 2.05) is 25.1 Å². The number of rotatable bonds is 3. The van der Waals surface area contributed by atoms with Crippen molar-refractivity contribution in [2.75, 3.05) is 6.61 Å². The summed E-state index contributed by atoms with van der Waals surface area (Å²) in [5.74, 6) is 0. The van der Waals surface area contributed by atoms with Gasteiger partial charge in [0.05, 0.1) is 18.2 Å². The van der Waals surface area contributed by atoms with Crippen LogP contribution in [0.3, 0.4) is 0 Å². The van der Waals surface area contributed by atoms with Gasteiger partial charge in [0.25, 0.3) is 11.6 Å². The zero-order valence-corrected chi connectivity index (χ0v) is 12.0. The topological polar surface area (TPSA) is 67.9 Å². The number of nitrogens with one attached hydrogen (secondary N) is 1. The van der Waals surface area contributed by atoms with Crippen LogP contribution in [-0.4, -0.2) is 21.6 Å². The molecule has 0 unspecified atom stereocenters. The third-order valence-electron chi connectivity index (χ3n) is 3.04. The van der Waals surface area contributed by atoms with E-state index in [0.29, 0.717) is 28.1 Å². The maximum Gasteiger partial charge on any atom is 0.297 e. The Bertz CT molecular complexity index is 861. The highest BCUT2D eigenvalue weighted by Crippen LogP contribution is 2.30. The molecular formula is C15H12ClN3O2. The number of fused-ring (bicyclic) bond motifs is 1. The highest BCUT2D eigenvalue weighted by Gasteiger charge is 2.13. The van der Waals surface area contributed by atoms with Crippen molar-refractivity contribution in [1.82, 2.24) is 15.0 Å². The first-order valence-corrected chi connectivity index (χ1v) is 6.84. The van der Waals surface area contributed by atoms with Crippen molar-refractivity contribution in [3.05, 3.63) is 52.0 Å². The van der Waals surface area contributed by atoms with E-state index in [1.165, 1.54) is 6.20 Å². The van der Waals surface area contributed by atoms with Crippen molar-refractivity contribution < 1.29 is 4.74 Å². The summed E-state index contributed by atoms with van der Waals surface area (Å²) in [7, 11) is 0. The maximum absolute atomic E-state index is 12.3. The standard InChI is InChI=1S/C15H12ClN3O2/c1-2-21-15-18-12-8-17-7-10(13(12)14(20)19-15)9-5-3-4-6-11(9)16/h3-8H,2H2,1H3,(H,18,19,20). The molecule has 0 aliphatic heterocycles. The van der Waals surface area contributed by atoms with Crippen LogP contribution in [0.1, 0.15) is 6.92 Å². The number of aromatic amines is 1. The normalized spacial score (nSPS) is 10.8. The molecule has 2 heterocycles. The predicted octanol–water partition coefficient (Wildman–Crippen LogP) is 3.04. The molecule has 0 spiro atoms. The van der Waals surface area contributed by atoms with Gasteiger partial charge in [-0.1, -0.05) is 29.8 Å². The van der Waals surface area contributed by atoms with E-state index in [9.17, 15) is 4.79 Å². The first-order chi connectivity index (χ1) is 10.2. The van der Waals surface area contributed by atoms with Gasteiger partial charge < -0.3 is 4.74 Å². The molecule has 2 aromatic heterocycles. The van der Waals surface area contributed by atoms with Crippen molar-refractivity contribution in [3.63, 3.8) is 0 Å². The van der Waals surface area contributed by atoms with E-state index >= 15 is 0 Å². The summed E-state index contributed by atoms with van der Waals surface area (Å²) < 4.78 is 5.24. The highest BCUT2D eigenvalue weighted by molar-refractivity contribution is 6.33. The second-order valence-electron chi connectivity index (χ2n) is 4.37. The van der Waals surface area contributed by atoms with Crippen molar-refractivity contribution >= 4 is 22.5 Å². The molecule has 1 aromatic carbocycles. The van der Waals surface area contributed by atoms with Crippen LogP contribution < -0.4 is 10.3 Å². The van der Waals surface area contributed by atoms with Gasteiger partial charge in [0.1, 0.15) is 5.52 Å². The number of nitrogens with zero attached hydrogens (tertiary/aromatic N) is 2. The Morgan fingerprint density at radius 1 is 1.24 bits per heavy atom. The Balaban J connectivity index is 2.31. The minimum atomic E-state index is -0.277. The summed E-state index contributed by atoms with van der Waals surface area (Å²) in [4.78, 5) is 23.4. The van der Waals surface area contributed by atoms with Crippen molar-refractivity contribution in [2.45, 2.75) is 6.92 Å². The molecule has 0 saturated heterocycles. The third kappa shape index (κ3) is 2.48. The number of aromatic nitrogens is 3. The number of pyridine rings is 1. The first-order valence-electron chi connectivity index (χ1n) is 6.46. The van der Waals surface area contributed by atoms with Gasteiger partial charge in [-0.05, 0) is 13.0 Å². The predicted molar refractivity (Wildman–Crippen MR) is 81.8 cm³/mol. The number of halogens is 1. The van der Waals surface area contributed by atoms with Crippen LogP contribution in [0.5, 0.6) is 6.01 Å². The number of ether oxygens (including phenoxy) is 1. The van der Waals surface area contributed by atoms with Crippen LogP contribution in [0.25, 0.3) is 22.0 Å². The summed E-state index contributed by atoms with van der Waals surface area (Å²) in [6.45, 7) is 2.24. The molecule has 3 aromatic rings. The smallest absolute Gasteiger partial charge is 0.297 e. The number of hydrogen-bond donors (Lipinski definition) is 1. The second kappa shape index (κ2) is 5.54. The highest BCUT2D eigenvalue weighted by atomic mass is 35.5. The largest absolute Gasteiger partial charge is 0.465 e. The van der Waals surface area contributed by atoms with E-state index in [4.69, 9.17) is 16.3 Å². The molecule has 6 heteroatoms. The molecule has 5 nitrogen and oxygen atoms in total. The first kappa shape index (κ1) is 13.6. The molecule has 106 valence electrons. The molecule has 0 amide bonds. The fraction of sp³-hybridized carbons (Fsp3) is 0.133. The molecule has 0 saturated carbocycles. The Hall–Kier alpha value is -2.40. The number of hydrogen-bond acceptors (Lipinski definition) is 4. The van der Waals surface area contributed by atoms with Gasteiger partial charge in [0, 0.05) is 22.3 Å². The van der Waals surface area contributed by atoms with Gasteiger partial charge in [-0.25, -0.2) is 0 Å². The SMILES string of the molecule is CCOc1nc2cncc(-c3ccccc3Cl)c2c(=O)[nH]1. The average Bonchev–Trinajstić information content (AvgIpc) is 2.47. The summed E-state index contributed by atoms with van der Waals surface area (Å²) in [5.41, 5.74) is 1.59. The zero-order chi connectivity index (χ0) is 14.8. The van der Waals surface area contributed by atoms with Gasteiger partial charge in [-0.15, -0.1) is 0 Å². The monoisotopic (exact) mass is 301 g/mol. The van der Waals surface area contributed by atoms with E-state index in [2.05, 4.69) is 15.0 Å². The molecule has 21 heavy (non-hydrogen) atoms. The van der Waals surface area contributed by atoms with Crippen LogP contribution in [0.4, 0.5) is 0 Å². The Kier molecular flexibility index (Phi) is 3.58. The van der Waals surface area contributed by atoms with Gasteiger partial charge in [-0.2, -0.15) is 4.98 Å². The molecular weight excluding hydrogens is 290 g/mol.